The van der Waals surface area contributed by atoms with Crippen LogP contribution in [0.25, 0.3) is 11.5 Å². The van der Waals surface area contributed by atoms with Crippen LogP contribution < -0.4 is 10.6 Å². The van der Waals surface area contributed by atoms with E-state index < -0.39 is 0 Å². The number of aryl methyl sites for hydroxylation is 1. The first kappa shape index (κ1) is 22.7. The summed E-state index contributed by atoms with van der Waals surface area (Å²) in [5.41, 5.74) is 2.70. The first-order valence-electron chi connectivity index (χ1n) is 11.3. The number of oxazole rings is 1. The van der Waals surface area contributed by atoms with Crippen molar-refractivity contribution in [2.45, 2.75) is 52.0 Å². The molecule has 172 valence electrons. The molecule has 0 bridgehead atoms. The normalized spacial score (nSPS) is 13.8. The summed E-state index contributed by atoms with van der Waals surface area (Å²) in [6, 6.07) is 13.3. The molecule has 0 radical (unpaired) electrons. The van der Waals surface area contributed by atoms with Crippen molar-refractivity contribution < 1.29 is 18.4 Å². The molecule has 0 saturated heterocycles. The van der Waals surface area contributed by atoms with Gasteiger partial charge in [0.2, 0.25) is 17.7 Å². The van der Waals surface area contributed by atoms with Crippen LogP contribution in [0.2, 0.25) is 0 Å². The maximum atomic E-state index is 13.0. The zero-order valence-electron chi connectivity index (χ0n) is 18.7. The molecule has 7 heteroatoms. The van der Waals surface area contributed by atoms with Crippen molar-refractivity contribution in [1.29, 1.82) is 0 Å². The highest BCUT2D eigenvalue weighted by Crippen LogP contribution is 2.31. The summed E-state index contributed by atoms with van der Waals surface area (Å²) in [6.45, 7) is 2.00. The minimum Gasteiger partial charge on any atom is -0.441 e. The molecule has 0 atom stereocenters. The Kier molecular flexibility index (Phi) is 7.17. The van der Waals surface area contributed by atoms with Crippen LogP contribution >= 0.6 is 0 Å². The van der Waals surface area contributed by atoms with Gasteiger partial charge in [0.25, 0.3) is 0 Å². The van der Waals surface area contributed by atoms with Crippen molar-refractivity contribution in [3.8, 4) is 11.5 Å². The number of benzene rings is 2. The zero-order valence-corrected chi connectivity index (χ0v) is 18.7. The summed E-state index contributed by atoms with van der Waals surface area (Å²) in [4.78, 5) is 29.4. The van der Waals surface area contributed by atoms with E-state index in [0.29, 0.717) is 40.9 Å². The van der Waals surface area contributed by atoms with E-state index in [1.165, 1.54) is 25.0 Å². The first-order valence-corrected chi connectivity index (χ1v) is 11.3. The van der Waals surface area contributed by atoms with Crippen molar-refractivity contribution in [2.75, 3.05) is 5.32 Å². The minimum atomic E-state index is -0.333. The first-order chi connectivity index (χ1) is 16.0. The average molecular weight is 450 g/mol. The molecule has 1 heterocycles. The van der Waals surface area contributed by atoms with Crippen LogP contribution in [0.1, 0.15) is 49.1 Å². The molecule has 1 aliphatic rings. The summed E-state index contributed by atoms with van der Waals surface area (Å²) in [5, 5.41) is 5.84. The Morgan fingerprint density at radius 2 is 1.79 bits per heavy atom. The molecule has 1 aliphatic carbocycles. The second kappa shape index (κ2) is 10.4. The van der Waals surface area contributed by atoms with Crippen LogP contribution in [0.3, 0.4) is 0 Å². The molecule has 0 unspecified atom stereocenters. The molecular weight excluding hydrogens is 421 g/mol. The Morgan fingerprint density at radius 1 is 1.06 bits per heavy atom. The van der Waals surface area contributed by atoms with E-state index in [9.17, 15) is 14.0 Å². The van der Waals surface area contributed by atoms with Gasteiger partial charge in [0.15, 0.2) is 0 Å². The van der Waals surface area contributed by atoms with Gasteiger partial charge in [-0.2, -0.15) is 0 Å². The molecule has 1 fully saturated rings. The summed E-state index contributed by atoms with van der Waals surface area (Å²) in [7, 11) is 0. The lowest BCUT2D eigenvalue weighted by Gasteiger charge is -2.11. The standard InChI is InChI=1S/C26H28FN3O3/c1-17-23(16-28-24(31)14-19-10-12-20(27)13-11-19)30-26(33-17)21-8-4-5-9-22(21)29-25(32)15-18-6-2-3-7-18/h4-5,8-13,18H,2-3,6-7,14-16H2,1H3,(H,28,31)(H,29,32). The van der Waals surface area contributed by atoms with E-state index >= 15 is 0 Å². The van der Waals surface area contributed by atoms with Crippen LogP contribution in [0.5, 0.6) is 0 Å². The summed E-state index contributed by atoms with van der Waals surface area (Å²) in [6.07, 6.45) is 5.32. The number of carbonyl (C=O) groups is 2. The lowest BCUT2D eigenvalue weighted by Crippen LogP contribution is -2.25. The van der Waals surface area contributed by atoms with Gasteiger partial charge in [-0.15, -0.1) is 0 Å². The smallest absolute Gasteiger partial charge is 0.228 e. The van der Waals surface area contributed by atoms with Crippen molar-refractivity contribution in [2.24, 2.45) is 5.92 Å². The summed E-state index contributed by atoms with van der Waals surface area (Å²) in [5.74, 6) is 0.938. The SMILES string of the molecule is Cc1oc(-c2ccccc2NC(=O)CC2CCCC2)nc1CNC(=O)Cc1ccc(F)cc1. The number of carbonyl (C=O) groups excluding carboxylic acids is 2. The van der Waals surface area contributed by atoms with Crippen LogP contribution in [-0.2, 0) is 22.6 Å². The Bertz CT molecular complexity index is 1120. The van der Waals surface area contributed by atoms with E-state index in [0.717, 1.165) is 18.4 Å². The number of hydrogen-bond acceptors (Lipinski definition) is 4. The van der Waals surface area contributed by atoms with Crippen LogP contribution in [0, 0.1) is 18.7 Å². The molecule has 2 N–H and O–H groups in total. The Balaban J connectivity index is 1.39. The zero-order chi connectivity index (χ0) is 23.2. The van der Waals surface area contributed by atoms with E-state index in [-0.39, 0.29) is 30.6 Å². The maximum absolute atomic E-state index is 13.0. The maximum Gasteiger partial charge on any atom is 0.228 e. The van der Waals surface area contributed by atoms with Gasteiger partial charge >= 0.3 is 0 Å². The number of aromatic nitrogens is 1. The molecule has 3 aromatic rings. The second-order valence-corrected chi connectivity index (χ2v) is 8.55. The van der Waals surface area contributed by atoms with E-state index in [4.69, 9.17) is 4.42 Å². The van der Waals surface area contributed by atoms with Crippen LogP contribution in [0.15, 0.2) is 52.9 Å². The lowest BCUT2D eigenvalue weighted by atomic mass is 10.0. The quantitative estimate of drug-likeness (QED) is 0.497. The van der Waals surface area contributed by atoms with Gasteiger partial charge in [-0.3, -0.25) is 9.59 Å². The fraction of sp³-hybridized carbons (Fsp3) is 0.346. The van der Waals surface area contributed by atoms with Gasteiger partial charge in [-0.05, 0) is 55.5 Å². The molecule has 4 rings (SSSR count). The van der Waals surface area contributed by atoms with Crippen molar-refractivity contribution in [1.82, 2.24) is 10.3 Å². The molecule has 1 saturated carbocycles. The monoisotopic (exact) mass is 449 g/mol. The molecule has 33 heavy (non-hydrogen) atoms. The molecule has 2 aromatic carbocycles. The van der Waals surface area contributed by atoms with E-state index in [2.05, 4.69) is 15.6 Å². The minimum absolute atomic E-state index is 0.00547. The predicted molar refractivity (Wildman–Crippen MR) is 124 cm³/mol. The number of halogens is 1. The average Bonchev–Trinajstić information content (AvgIpc) is 3.43. The summed E-state index contributed by atoms with van der Waals surface area (Å²) < 4.78 is 18.9. The van der Waals surface area contributed by atoms with Crippen molar-refractivity contribution in [3.05, 3.63) is 71.4 Å². The Morgan fingerprint density at radius 3 is 2.55 bits per heavy atom. The van der Waals surface area contributed by atoms with Gasteiger partial charge in [0.05, 0.1) is 24.2 Å². The highest BCUT2D eigenvalue weighted by molar-refractivity contribution is 5.94. The number of nitrogens with one attached hydrogen (secondary N) is 2. The van der Waals surface area contributed by atoms with Gasteiger partial charge in [0.1, 0.15) is 17.3 Å². The third-order valence-corrected chi connectivity index (χ3v) is 6.00. The molecule has 6 nitrogen and oxygen atoms in total. The van der Waals surface area contributed by atoms with Gasteiger partial charge < -0.3 is 15.1 Å². The number of nitrogens with zero attached hydrogens (tertiary/aromatic N) is 1. The van der Waals surface area contributed by atoms with Gasteiger partial charge in [-0.1, -0.05) is 37.1 Å². The summed E-state index contributed by atoms with van der Waals surface area (Å²) >= 11 is 0. The number of anilines is 1. The third-order valence-electron chi connectivity index (χ3n) is 6.00. The van der Waals surface area contributed by atoms with E-state index in [1.54, 1.807) is 19.1 Å². The number of amides is 2. The fourth-order valence-electron chi connectivity index (χ4n) is 4.20. The predicted octanol–water partition coefficient (Wildman–Crippen LogP) is 5.17. The highest BCUT2D eigenvalue weighted by Gasteiger charge is 2.20. The molecule has 0 aliphatic heterocycles. The van der Waals surface area contributed by atoms with Crippen LogP contribution in [0.4, 0.5) is 10.1 Å². The highest BCUT2D eigenvalue weighted by atomic mass is 19.1. The number of para-hydroxylation sites is 1. The number of rotatable bonds is 8. The molecule has 2 amide bonds. The molecule has 0 spiro atoms. The fourth-order valence-corrected chi connectivity index (χ4v) is 4.20. The van der Waals surface area contributed by atoms with Crippen LogP contribution in [-0.4, -0.2) is 16.8 Å². The molecular formula is C26H28FN3O3. The third kappa shape index (κ3) is 6.06. The lowest BCUT2D eigenvalue weighted by molar-refractivity contribution is -0.120. The van der Waals surface area contributed by atoms with E-state index in [1.807, 2.05) is 24.3 Å². The van der Waals surface area contributed by atoms with Crippen molar-refractivity contribution in [3.63, 3.8) is 0 Å². The van der Waals surface area contributed by atoms with Gasteiger partial charge in [-0.25, -0.2) is 9.37 Å². The Labute approximate surface area is 192 Å². The Hall–Kier alpha value is -3.48. The second-order valence-electron chi connectivity index (χ2n) is 8.55. The van der Waals surface area contributed by atoms with Gasteiger partial charge in [0, 0.05) is 6.42 Å². The number of hydrogen-bond donors (Lipinski definition) is 2. The largest absolute Gasteiger partial charge is 0.441 e. The van der Waals surface area contributed by atoms with Crippen molar-refractivity contribution >= 4 is 17.5 Å². The molecule has 1 aromatic heterocycles. The topological polar surface area (TPSA) is 84.2 Å².